The van der Waals surface area contributed by atoms with Gasteiger partial charge in [0.15, 0.2) is 0 Å². The van der Waals surface area contributed by atoms with Crippen LogP contribution in [0.5, 0.6) is 0 Å². The summed E-state index contributed by atoms with van der Waals surface area (Å²) in [6.45, 7) is 10.5. The molecule has 200 valence electrons. The molecule has 1 amide bonds. The Balaban J connectivity index is 1.78. The van der Waals surface area contributed by atoms with Gasteiger partial charge in [0.25, 0.3) is 0 Å². The number of carbonyl (C=O) groups excluding carboxylic acids is 2. The van der Waals surface area contributed by atoms with Crippen LogP contribution in [0.2, 0.25) is 0 Å². The van der Waals surface area contributed by atoms with E-state index in [1.165, 1.54) is 4.90 Å². The van der Waals surface area contributed by atoms with Crippen LogP contribution in [0.4, 0.5) is 4.79 Å². The number of hydrogen-bond donors (Lipinski definition) is 0. The molecule has 0 aliphatic carbocycles. The van der Waals surface area contributed by atoms with Crippen molar-refractivity contribution in [2.24, 2.45) is 0 Å². The fourth-order valence-corrected chi connectivity index (χ4v) is 2.47. The first-order valence-corrected chi connectivity index (χ1v) is 11.8. The summed E-state index contributed by atoms with van der Waals surface area (Å²) >= 11 is 0. The van der Waals surface area contributed by atoms with E-state index < -0.39 is 5.60 Å². The van der Waals surface area contributed by atoms with Gasteiger partial charge in [0.1, 0.15) is 12.2 Å². The van der Waals surface area contributed by atoms with Crippen LogP contribution in [0.3, 0.4) is 0 Å². The minimum Gasteiger partial charge on any atom is -0.460 e. The second kappa shape index (κ2) is 19.0. The van der Waals surface area contributed by atoms with Crippen molar-refractivity contribution in [3.63, 3.8) is 0 Å². The Kier molecular flexibility index (Phi) is 16.7. The van der Waals surface area contributed by atoms with Gasteiger partial charge in [0.2, 0.25) is 0 Å². The van der Waals surface area contributed by atoms with Crippen LogP contribution < -0.4 is 0 Å². The van der Waals surface area contributed by atoms with Crippen molar-refractivity contribution in [1.82, 2.24) is 4.90 Å². The lowest BCUT2D eigenvalue weighted by Gasteiger charge is -2.24. The van der Waals surface area contributed by atoms with Crippen molar-refractivity contribution < 1.29 is 42.7 Å². The first-order chi connectivity index (χ1) is 16.8. The zero-order chi connectivity index (χ0) is 25.8. The number of carbonyl (C=O) groups is 2. The van der Waals surface area contributed by atoms with Crippen LogP contribution in [0.25, 0.3) is 0 Å². The molecule has 0 radical (unpaired) electrons. The fourth-order valence-electron chi connectivity index (χ4n) is 2.47. The number of benzene rings is 1. The highest BCUT2D eigenvalue weighted by Crippen LogP contribution is 2.08. The predicted octanol–water partition coefficient (Wildman–Crippen LogP) is 2.79. The molecule has 10 heteroatoms. The molecule has 0 spiro atoms. The topological polar surface area (TPSA) is 102 Å². The molecule has 0 N–H and O–H groups in total. The van der Waals surface area contributed by atoms with Crippen molar-refractivity contribution in [1.29, 1.82) is 0 Å². The molecule has 0 heterocycles. The predicted molar refractivity (Wildman–Crippen MR) is 130 cm³/mol. The summed E-state index contributed by atoms with van der Waals surface area (Å²) in [7, 11) is 1.68. The van der Waals surface area contributed by atoms with Gasteiger partial charge in [-0.05, 0) is 32.9 Å². The second-order valence-corrected chi connectivity index (χ2v) is 8.47. The molecule has 0 aliphatic heterocycles. The smallest absolute Gasteiger partial charge is 0.410 e. The molecule has 0 fully saturated rings. The Labute approximate surface area is 208 Å². The largest absolute Gasteiger partial charge is 0.460 e. The van der Waals surface area contributed by atoms with E-state index in [2.05, 4.69) is 0 Å². The minimum absolute atomic E-state index is 0.199. The summed E-state index contributed by atoms with van der Waals surface area (Å²) < 4.78 is 37.5. The monoisotopic (exact) mass is 499 g/mol. The maximum Gasteiger partial charge on any atom is 0.410 e. The van der Waals surface area contributed by atoms with Crippen molar-refractivity contribution in [3.8, 4) is 0 Å². The highest BCUT2D eigenvalue weighted by molar-refractivity contribution is 5.89. The van der Waals surface area contributed by atoms with Gasteiger partial charge in [-0.25, -0.2) is 9.59 Å². The molecule has 10 nitrogen and oxygen atoms in total. The lowest BCUT2D eigenvalue weighted by molar-refractivity contribution is -0.0164. The lowest BCUT2D eigenvalue weighted by Crippen LogP contribution is -2.36. The minimum atomic E-state index is -0.509. The number of hydrogen-bond acceptors (Lipinski definition) is 9. The third kappa shape index (κ3) is 17.8. The number of nitrogens with zero attached hydrogens (tertiary/aromatic N) is 1. The fraction of sp³-hybridized carbons (Fsp3) is 0.680. The van der Waals surface area contributed by atoms with E-state index in [4.69, 9.17) is 33.2 Å². The molecule has 0 saturated heterocycles. The molecule has 0 atom stereocenters. The van der Waals surface area contributed by atoms with Crippen molar-refractivity contribution in [2.45, 2.75) is 26.4 Å². The average molecular weight is 500 g/mol. The Morgan fingerprint density at radius 3 is 1.57 bits per heavy atom. The van der Waals surface area contributed by atoms with Crippen LogP contribution in [-0.2, 0) is 33.2 Å². The quantitative estimate of drug-likeness (QED) is 0.210. The van der Waals surface area contributed by atoms with Gasteiger partial charge in [0.05, 0.1) is 71.6 Å². The van der Waals surface area contributed by atoms with Crippen LogP contribution in [0.15, 0.2) is 30.3 Å². The van der Waals surface area contributed by atoms with E-state index in [-0.39, 0.29) is 18.7 Å². The van der Waals surface area contributed by atoms with E-state index in [9.17, 15) is 9.59 Å². The Hall–Kier alpha value is -2.24. The number of likely N-dealkylation sites (N-methyl/N-ethyl adjacent to an activating group) is 1. The van der Waals surface area contributed by atoms with Crippen LogP contribution >= 0.6 is 0 Å². The van der Waals surface area contributed by atoms with E-state index in [1.54, 1.807) is 31.3 Å². The maximum atomic E-state index is 11.8. The highest BCUT2D eigenvalue weighted by Gasteiger charge is 2.19. The van der Waals surface area contributed by atoms with E-state index in [0.717, 1.165) is 0 Å². The number of amides is 1. The first-order valence-electron chi connectivity index (χ1n) is 11.8. The molecule has 1 aromatic carbocycles. The normalized spacial score (nSPS) is 11.3. The van der Waals surface area contributed by atoms with Gasteiger partial charge in [-0.3, -0.25) is 0 Å². The first kappa shape index (κ1) is 30.8. The van der Waals surface area contributed by atoms with Gasteiger partial charge in [-0.1, -0.05) is 18.2 Å². The van der Waals surface area contributed by atoms with Gasteiger partial charge in [-0.2, -0.15) is 0 Å². The Bertz CT molecular complexity index is 679. The summed E-state index contributed by atoms with van der Waals surface area (Å²) in [5.74, 6) is -0.359. The van der Waals surface area contributed by atoms with Gasteiger partial charge >= 0.3 is 12.1 Å². The van der Waals surface area contributed by atoms with Gasteiger partial charge in [0, 0.05) is 13.6 Å². The van der Waals surface area contributed by atoms with Crippen molar-refractivity contribution >= 4 is 12.1 Å². The standard InChI is InChI=1S/C25H41NO9/c1-25(2,3)35-24(28)26(4)10-11-29-12-13-30-14-15-31-16-17-32-18-19-33-20-21-34-23(27)22-8-6-5-7-9-22/h5-9H,10-21H2,1-4H3. The third-order valence-corrected chi connectivity index (χ3v) is 4.23. The van der Waals surface area contributed by atoms with Crippen LogP contribution in [0, 0.1) is 0 Å². The Morgan fingerprint density at radius 1 is 0.686 bits per heavy atom. The third-order valence-electron chi connectivity index (χ3n) is 4.23. The Morgan fingerprint density at radius 2 is 1.11 bits per heavy atom. The molecule has 1 rings (SSSR count). The zero-order valence-corrected chi connectivity index (χ0v) is 21.5. The van der Waals surface area contributed by atoms with Gasteiger partial charge in [-0.15, -0.1) is 0 Å². The molecule has 0 aliphatic rings. The summed E-state index contributed by atoms with van der Waals surface area (Å²) in [6, 6.07) is 8.83. The van der Waals surface area contributed by atoms with Crippen molar-refractivity contribution in [3.05, 3.63) is 35.9 Å². The summed E-state index contributed by atoms with van der Waals surface area (Å²) in [5.41, 5.74) is 0.0139. The zero-order valence-electron chi connectivity index (χ0n) is 21.5. The molecule has 35 heavy (non-hydrogen) atoms. The van der Waals surface area contributed by atoms with Crippen LogP contribution in [0.1, 0.15) is 31.1 Å². The number of esters is 1. The van der Waals surface area contributed by atoms with Crippen LogP contribution in [-0.4, -0.2) is 109 Å². The summed E-state index contributed by atoms with van der Waals surface area (Å²) in [4.78, 5) is 25.0. The highest BCUT2D eigenvalue weighted by atomic mass is 16.6. The summed E-state index contributed by atoms with van der Waals surface area (Å²) in [5, 5.41) is 0. The molecule has 0 aromatic heterocycles. The average Bonchev–Trinajstić information content (AvgIpc) is 2.82. The lowest BCUT2D eigenvalue weighted by atomic mass is 10.2. The molecule has 0 bridgehead atoms. The number of ether oxygens (including phenoxy) is 7. The SMILES string of the molecule is CN(CCOCCOCCOCCOCCOCCOC(=O)c1ccccc1)C(=O)OC(C)(C)C. The van der Waals surface area contributed by atoms with Crippen molar-refractivity contribution in [2.75, 3.05) is 86.3 Å². The van der Waals surface area contributed by atoms with E-state index >= 15 is 0 Å². The summed E-state index contributed by atoms with van der Waals surface area (Å²) in [6.07, 6.45) is -0.368. The molecule has 0 saturated carbocycles. The van der Waals surface area contributed by atoms with Gasteiger partial charge < -0.3 is 38.1 Å². The van der Waals surface area contributed by atoms with E-state index in [0.29, 0.717) is 78.2 Å². The molecule has 0 unspecified atom stereocenters. The maximum absolute atomic E-state index is 11.8. The molecular formula is C25H41NO9. The molecule has 1 aromatic rings. The molecular weight excluding hydrogens is 458 g/mol. The second-order valence-electron chi connectivity index (χ2n) is 8.47. The van der Waals surface area contributed by atoms with E-state index in [1.807, 2.05) is 26.8 Å². The number of rotatable bonds is 19.